The van der Waals surface area contributed by atoms with E-state index in [1.807, 2.05) is 0 Å². The molecule has 0 fully saturated rings. The Kier molecular flexibility index (Phi) is 8.25. The van der Waals surface area contributed by atoms with Gasteiger partial charge in [-0.05, 0) is 6.07 Å². The molecule has 0 spiro atoms. The van der Waals surface area contributed by atoms with Crippen molar-refractivity contribution in [1.82, 2.24) is 0 Å². The Morgan fingerprint density at radius 3 is 1.00 bits per heavy atom. The third-order valence-corrected chi connectivity index (χ3v) is 5.69. The summed E-state index contributed by atoms with van der Waals surface area (Å²) in [4.78, 5) is 0. The van der Waals surface area contributed by atoms with Gasteiger partial charge in [0.25, 0.3) is 0 Å². The SMILES string of the molecule is N#Cc1c(F)c(F)c(Oc2c(F)cc(-c3c(F)c(F)c(Oc4c(F)c(F)c(C#N)c(F)c4F)c(F)c3F)c(F)c2F)c(F)c1F. The van der Waals surface area contributed by atoms with Crippen molar-refractivity contribution in [2.45, 2.75) is 0 Å². The standard InChI is InChI=1S/C26HF15N2O2/c27-7-1-4(9(28)16(35)23(7)44-24-17(36)10(29)5(2-42)11(30)18(24)37)8-14(33)21(40)26(22(41)15(8)34)45-25-19(38)12(31)6(3-43)13(32)20(25)39/h1H. The average Bonchev–Trinajstić information content (AvgIpc) is 3.00. The summed E-state index contributed by atoms with van der Waals surface area (Å²) in [6, 6.07) is 0.942. The topological polar surface area (TPSA) is 66.0 Å². The fraction of sp³-hybridized carbons (Fsp3) is 0. The Morgan fingerprint density at radius 2 is 0.667 bits per heavy atom. The third-order valence-electron chi connectivity index (χ3n) is 5.69. The van der Waals surface area contributed by atoms with Gasteiger partial charge in [0.05, 0.1) is 5.56 Å². The Balaban J connectivity index is 1.87. The molecule has 0 aliphatic carbocycles. The molecule has 45 heavy (non-hydrogen) atoms. The van der Waals surface area contributed by atoms with Crippen LogP contribution in [0.25, 0.3) is 11.1 Å². The molecule has 0 aliphatic rings. The Morgan fingerprint density at radius 1 is 0.378 bits per heavy atom. The molecular weight excluding hydrogens is 657 g/mol. The number of halogens is 15. The van der Waals surface area contributed by atoms with Crippen LogP contribution in [0.5, 0.6) is 23.0 Å². The fourth-order valence-corrected chi connectivity index (χ4v) is 3.59. The van der Waals surface area contributed by atoms with E-state index >= 15 is 0 Å². The summed E-state index contributed by atoms with van der Waals surface area (Å²) in [5.41, 5.74) is -8.09. The predicted octanol–water partition coefficient (Wildman–Crippen LogP) is 8.77. The van der Waals surface area contributed by atoms with Crippen LogP contribution in [0, 0.1) is 110 Å². The lowest BCUT2D eigenvalue weighted by atomic mass is 10.0. The zero-order valence-electron chi connectivity index (χ0n) is 20.5. The van der Waals surface area contributed by atoms with Gasteiger partial charge in [0.2, 0.25) is 63.7 Å². The first-order valence-corrected chi connectivity index (χ1v) is 10.9. The van der Waals surface area contributed by atoms with Crippen molar-refractivity contribution in [3.05, 3.63) is 104 Å². The summed E-state index contributed by atoms with van der Waals surface area (Å²) in [7, 11) is 0. The highest BCUT2D eigenvalue weighted by Gasteiger charge is 2.35. The van der Waals surface area contributed by atoms with Crippen molar-refractivity contribution in [2.24, 2.45) is 0 Å². The molecule has 4 aromatic rings. The predicted molar refractivity (Wildman–Crippen MR) is 114 cm³/mol. The van der Waals surface area contributed by atoms with Crippen molar-refractivity contribution in [1.29, 1.82) is 10.5 Å². The van der Waals surface area contributed by atoms with E-state index in [9.17, 15) is 65.9 Å². The molecule has 19 heteroatoms. The molecule has 0 aliphatic heterocycles. The minimum Gasteiger partial charge on any atom is -0.445 e. The van der Waals surface area contributed by atoms with Crippen molar-refractivity contribution < 1.29 is 75.3 Å². The molecule has 0 aromatic heterocycles. The summed E-state index contributed by atoms with van der Waals surface area (Å²) in [6.07, 6.45) is 0. The molecule has 0 saturated carbocycles. The Labute approximate surface area is 237 Å². The van der Waals surface area contributed by atoms with Crippen LogP contribution in [-0.2, 0) is 0 Å². The monoisotopic (exact) mass is 658 g/mol. The molecule has 4 nitrogen and oxygen atoms in total. The van der Waals surface area contributed by atoms with E-state index < -0.39 is 139 Å². The van der Waals surface area contributed by atoms with Gasteiger partial charge in [0.15, 0.2) is 46.5 Å². The first-order chi connectivity index (χ1) is 21.0. The van der Waals surface area contributed by atoms with E-state index in [0.717, 1.165) is 6.07 Å². The van der Waals surface area contributed by atoms with E-state index in [1.54, 1.807) is 0 Å². The molecule has 0 radical (unpaired) electrons. The molecule has 232 valence electrons. The number of nitriles is 2. The zero-order chi connectivity index (χ0) is 33.8. The van der Waals surface area contributed by atoms with E-state index in [-0.39, 0.29) is 0 Å². The molecule has 0 atom stereocenters. The first kappa shape index (κ1) is 32.3. The summed E-state index contributed by atoms with van der Waals surface area (Å²) >= 11 is 0. The maximum absolute atomic E-state index is 14.8. The van der Waals surface area contributed by atoms with Crippen LogP contribution in [0.4, 0.5) is 65.9 Å². The molecule has 0 heterocycles. The van der Waals surface area contributed by atoms with Gasteiger partial charge in [-0.25, -0.2) is 35.1 Å². The van der Waals surface area contributed by atoms with E-state index in [1.165, 1.54) is 0 Å². The molecule has 0 N–H and O–H groups in total. The van der Waals surface area contributed by atoms with Gasteiger partial charge in [-0.3, -0.25) is 0 Å². The number of benzene rings is 4. The van der Waals surface area contributed by atoms with Crippen molar-refractivity contribution in [2.75, 3.05) is 0 Å². The van der Waals surface area contributed by atoms with Crippen LogP contribution in [0.2, 0.25) is 0 Å². The molecular formula is C26HF15N2O2. The summed E-state index contributed by atoms with van der Waals surface area (Å²) in [6.45, 7) is 0. The van der Waals surface area contributed by atoms with E-state index in [2.05, 4.69) is 9.47 Å². The lowest BCUT2D eigenvalue weighted by Crippen LogP contribution is -2.09. The van der Waals surface area contributed by atoms with Gasteiger partial charge < -0.3 is 9.47 Å². The minimum absolute atomic E-state index is 0.495. The number of nitrogens with zero attached hydrogens (tertiary/aromatic N) is 2. The van der Waals surface area contributed by atoms with Crippen LogP contribution in [0.3, 0.4) is 0 Å². The Bertz CT molecular complexity index is 1960. The quantitative estimate of drug-likeness (QED) is 0.159. The highest BCUT2D eigenvalue weighted by Crippen LogP contribution is 2.43. The highest BCUT2D eigenvalue weighted by molar-refractivity contribution is 5.69. The van der Waals surface area contributed by atoms with E-state index in [0.29, 0.717) is 6.07 Å². The molecule has 0 saturated heterocycles. The largest absolute Gasteiger partial charge is 0.445 e. The lowest BCUT2D eigenvalue weighted by molar-refractivity contribution is 0.324. The molecule has 4 rings (SSSR count). The molecule has 4 aromatic carbocycles. The van der Waals surface area contributed by atoms with Crippen LogP contribution in [-0.4, -0.2) is 0 Å². The minimum atomic E-state index is -2.85. The van der Waals surface area contributed by atoms with Crippen LogP contribution >= 0.6 is 0 Å². The summed E-state index contributed by atoms with van der Waals surface area (Å²) < 4.78 is 223. The van der Waals surface area contributed by atoms with Crippen molar-refractivity contribution >= 4 is 0 Å². The van der Waals surface area contributed by atoms with Crippen LogP contribution in [0.1, 0.15) is 11.1 Å². The van der Waals surface area contributed by atoms with Crippen LogP contribution in [0.15, 0.2) is 6.07 Å². The second-order valence-electron chi connectivity index (χ2n) is 8.17. The van der Waals surface area contributed by atoms with Crippen LogP contribution < -0.4 is 9.47 Å². The van der Waals surface area contributed by atoms with Gasteiger partial charge in [-0.1, -0.05) is 0 Å². The Hall–Kier alpha value is -5.59. The average molecular weight is 658 g/mol. The van der Waals surface area contributed by atoms with Gasteiger partial charge in [-0.15, -0.1) is 0 Å². The summed E-state index contributed by atoms with van der Waals surface area (Å²) in [5, 5.41) is 17.1. The summed E-state index contributed by atoms with van der Waals surface area (Å²) in [5.74, 6) is -48.7. The van der Waals surface area contributed by atoms with Gasteiger partial charge in [0, 0.05) is 5.56 Å². The number of hydrogen-bond acceptors (Lipinski definition) is 4. The number of ether oxygens (including phenoxy) is 2. The second-order valence-corrected chi connectivity index (χ2v) is 8.17. The number of hydrogen-bond donors (Lipinski definition) is 0. The third kappa shape index (κ3) is 4.86. The van der Waals surface area contributed by atoms with Gasteiger partial charge in [0.1, 0.15) is 23.3 Å². The zero-order valence-corrected chi connectivity index (χ0v) is 20.5. The highest BCUT2D eigenvalue weighted by atomic mass is 19.2. The maximum atomic E-state index is 14.8. The van der Waals surface area contributed by atoms with Crippen molar-refractivity contribution in [3.63, 3.8) is 0 Å². The lowest BCUT2D eigenvalue weighted by Gasteiger charge is -2.16. The normalized spacial score (nSPS) is 11.0. The fourth-order valence-electron chi connectivity index (χ4n) is 3.59. The van der Waals surface area contributed by atoms with Gasteiger partial charge in [-0.2, -0.15) is 41.3 Å². The first-order valence-electron chi connectivity index (χ1n) is 10.9. The molecule has 0 unspecified atom stereocenters. The molecule has 0 amide bonds. The second kappa shape index (κ2) is 11.5. The van der Waals surface area contributed by atoms with Gasteiger partial charge >= 0.3 is 0 Å². The molecule has 0 bridgehead atoms. The smallest absolute Gasteiger partial charge is 0.205 e. The van der Waals surface area contributed by atoms with E-state index in [4.69, 9.17) is 10.5 Å². The maximum Gasteiger partial charge on any atom is 0.205 e. The van der Waals surface area contributed by atoms with Crippen molar-refractivity contribution in [3.8, 4) is 46.3 Å². The number of rotatable bonds is 5.